The van der Waals surface area contributed by atoms with Gasteiger partial charge in [-0.3, -0.25) is 4.79 Å². The Morgan fingerprint density at radius 1 is 1.44 bits per heavy atom. The van der Waals surface area contributed by atoms with E-state index < -0.39 is 0 Å². The Hall–Kier alpha value is -0.870. The van der Waals surface area contributed by atoms with E-state index in [9.17, 15) is 4.79 Å². The maximum atomic E-state index is 11.8. The standard InChI is InChI=1S/C12H15BrN2O/c1-15-11(8-14-7-6-12(15)16)9-4-2-3-5-10(9)13/h2-5,11,14H,6-8H2,1H3. The molecule has 0 radical (unpaired) electrons. The Morgan fingerprint density at radius 3 is 2.94 bits per heavy atom. The molecule has 0 aliphatic carbocycles. The average Bonchev–Trinajstić information content (AvgIpc) is 2.44. The molecule has 3 nitrogen and oxygen atoms in total. The molecule has 1 unspecified atom stereocenters. The van der Waals surface area contributed by atoms with Crippen LogP contribution < -0.4 is 5.32 Å². The van der Waals surface area contributed by atoms with Crippen LogP contribution >= 0.6 is 15.9 Å². The minimum absolute atomic E-state index is 0.116. The van der Waals surface area contributed by atoms with Crippen molar-refractivity contribution < 1.29 is 4.79 Å². The molecular weight excluding hydrogens is 268 g/mol. The number of likely N-dealkylation sites (N-methyl/N-ethyl adjacent to an activating group) is 1. The van der Waals surface area contributed by atoms with Crippen LogP contribution in [0.25, 0.3) is 0 Å². The molecule has 0 aromatic heterocycles. The van der Waals surface area contributed by atoms with E-state index in [0.717, 1.165) is 23.1 Å². The van der Waals surface area contributed by atoms with Crippen molar-refractivity contribution >= 4 is 21.8 Å². The number of nitrogens with one attached hydrogen (secondary N) is 1. The predicted octanol–water partition coefficient (Wildman–Crippen LogP) is 1.94. The van der Waals surface area contributed by atoms with Crippen LogP contribution in [0, 0.1) is 0 Å². The lowest BCUT2D eigenvalue weighted by Gasteiger charge is -2.27. The summed E-state index contributed by atoms with van der Waals surface area (Å²) in [5.74, 6) is 0.200. The molecule has 0 bridgehead atoms. The lowest BCUT2D eigenvalue weighted by Crippen LogP contribution is -2.32. The average molecular weight is 283 g/mol. The van der Waals surface area contributed by atoms with Crippen molar-refractivity contribution in [3.8, 4) is 0 Å². The second-order valence-electron chi connectivity index (χ2n) is 4.00. The van der Waals surface area contributed by atoms with Gasteiger partial charge >= 0.3 is 0 Å². The van der Waals surface area contributed by atoms with Gasteiger partial charge in [-0.15, -0.1) is 0 Å². The highest BCUT2D eigenvalue weighted by molar-refractivity contribution is 9.10. The fraction of sp³-hybridized carbons (Fsp3) is 0.417. The topological polar surface area (TPSA) is 32.3 Å². The molecule has 86 valence electrons. The van der Waals surface area contributed by atoms with E-state index in [1.54, 1.807) is 0 Å². The van der Waals surface area contributed by atoms with Crippen LogP contribution in [0.4, 0.5) is 0 Å². The molecular formula is C12H15BrN2O. The van der Waals surface area contributed by atoms with Gasteiger partial charge in [0.1, 0.15) is 0 Å². The number of benzene rings is 1. The maximum absolute atomic E-state index is 11.8. The van der Waals surface area contributed by atoms with Crippen LogP contribution in [-0.2, 0) is 4.79 Å². The van der Waals surface area contributed by atoms with Crippen LogP contribution in [0.3, 0.4) is 0 Å². The highest BCUT2D eigenvalue weighted by Gasteiger charge is 2.25. The van der Waals surface area contributed by atoms with Crippen LogP contribution in [0.2, 0.25) is 0 Å². The molecule has 1 saturated heterocycles. The van der Waals surface area contributed by atoms with E-state index >= 15 is 0 Å². The number of nitrogens with zero attached hydrogens (tertiary/aromatic N) is 1. The SMILES string of the molecule is CN1C(=O)CCNCC1c1ccccc1Br. The molecule has 0 spiro atoms. The minimum atomic E-state index is 0.116. The second-order valence-corrected chi connectivity index (χ2v) is 4.85. The summed E-state index contributed by atoms with van der Waals surface area (Å²) < 4.78 is 1.06. The zero-order chi connectivity index (χ0) is 11.5. The molecule has 1 aromatic carbocycles. The second kappa shape index (κ2) is 4.97. The molecule has 2 rings (SSSR count). The molecule has 1 aliphatic heterocycles. The molecule has 4 heteroatoms. The highest BCUT2D eigenvalue weighted by Crippen LogP contribution is 2.27. The lowest BCUT2D eigenvalue weighted by atomic mass is 10.1. The van der Waals surface area contributed by atoms with Crippen LogP contribution in [0.5, 0.6) is 0 Å². The van der Waals surface area contributed by atoms with E-state index in [0.29, 0.717) is 6.42 Å². The molecule has 1 aliphatic rings. The Bertz CT molecular complexity index is 394. The van der Waals surface area contributed by atoms with Crippen molar-refractivity contribution in [2.24, 2.45) is 0 Å². The molecule has 1 fully saturated rings. The van der Waals surface area contributed by atoms with Gasteiger partial charge in [0.15, 0.2) is 0 Å². The van der Waals surface area contributed by atoms with Crippen molar-refractivity contribution in [2.75, 3.05) is 20.1 Å². The quantitative estimate of drug-likeness (QED) is 0.854. The van der Waals surface area contributed by atoms with E-state index in [-0.39, 0.29) is 11.9 Å². The molecule has 1 heterocycles. The Kier molecular flexibility index (Phi) is 3.61. The first-order chi connectivity index (χ1) is 7.70. The van der Waals surface area contributed by atoms with Gasteiger partial charge in [-0.1, -0.05) is 34.1 Å². The zero-order valence-corrected chi connectivity index (χ0v) is 10.8. The first kappa shape index (κ1) is 11.6. The number of halogens is 1. The number of hydrogen-bond donors (Lipinski definition) is 1. The number of hydrogen-bond acceptors (Lipinski definition) is 2. The van der Waals surface area contributed by atoms with Crippen LogP contribution in [0.1, 0.15) is 18.0 Å². The predicted molar refractivity (Wildman–Crippen MR) is 67.1 cm³/mol. The molecule has 1 atom stereocenters. The summed E-state index contributed by atoms with van der Waals surface area (Å²) in [6.07, 6.45) is 0.581. The third-order valence-electron chi connectivity index (χ3n) is 2.98. The fourth-order valence-electron chi connectivity index (χ4n) is 1.99. The van der Waals surface area contributed by atoms with E-state index in [1.165, 1.54) is 0 Å². The van der Waals surface area contributed by atoms with Gasteiger partial charge in [0.2, 0.25) is 5.91 Å². The summed E-state index contributed by atoms with van der Waals surface area (Å²) in [6, 6.07) is 8.18. The largest absolute Gasteiger partial charge is 0.337 e. The van der Waals surface area contributed by atoms with Crippen molar-refractivity contribution in [1.82, 2.24) is 10.2 Å². The first-order valence-electron chi connectivity index (χ1n) is 5.41. The lowest BCUT2D eigenvalue weighted by molar-refractivity contribution is -0.131. The summed E-state index contributed by atoms with van der Waals surface area (Å²) in [7, 11) is 1.87. The summed E-state index contributed by atoms with van der Waals surface area (Å²) in [6.45, 7) is 1.58. The van der Waals surface area contributed by atoms with Crippen molar-refractivity contribution in [2.45, 2.75) is 12.5 Å². The number of carbonyl (C=O) groups excluding carboxylic acids is 1. The van der Waals surface area contributed by atoms with Gasteiger partial charge in [0.05, 0.1) is 6.04 Å². The van der Waals surface area contributed by atoms with Crippen LogP contribution in [0.15, 0.2) is 28.7 Å². The third-order valence-corrected chi connectivity index (χ3v) is 3.70. The Labute approximate surface area is 104 Å². The fourth-order valence-corrected chi connectivity index (χ4v) is 2.53. The summed E-state index contributed by atoms with van der Waals surface area (Å²) in [5, 5.41) is 3.30. The number of carbonyl (C=O) groups is 1. The van der Waals surface area contributed by atoms with Gasteiger partial charge in [0.25, 0.3) is 0 Å². The molecule has 1 aromatic rings. The third kappa shape index (κ3) is 2.28. The minimum Gasteiger partial charge on any atom is -0.337 e. The maximum Gasteiger partial charge on any atom is 0.224 e. The van der Waals surface area contributed by atoms with Gasteiger partial charge < -0.3 is 10.2 Å². The highest BCUT2D eigenvalue weighted by atomic mass is 79.9. The smallest absolute Gasteiger partial charge is 0.224 e. The van der Waals surface area contributed by atoms with Gasteiger partial charge in [0, 0.05) is 31.0 Å². The van der Waals surface area contributed by atoms with Gasteiger partial charge in [-0.2, -0.15) is 0 Å². The summed E-state index contributed by atoms with van der Waals surface area (Å²) in [4.78, 5) is 13.6. The Balaban J connectivity index is 2.31. The Morgan fingerprint density at radius 2 is 2.19 bits per heavy atom. The van der Waals surface area contributed by atoms with E-state index in [4.69, 9.17) is 0 Å². The van der Waals surface area contributed by atoms with Crippen LogP contribution in [-0.4, -0.2) is 30.9 Å². The van der Waals surface area contributed by atoms with Crippen molar-refractivity contribution in [3.63, 3.8) is 0 Å². The molecule has 1 N–H and O–H groups in total. The monoisotopic (exact) mass is 282 g/mol. The molecule has 1 amide bonds. The zero-order valence-electron chi connectivity index (χ0n) is 9.24. The molecule has 0 saturated carbocycles. The van der Waals surface area contributed by atoms with E-state index in [2.05, 4.69) is 27.3 Å². The van der Waals surface area contributed by atoms with Gasteiger partial charge in [-0.25, -0.2) is 0 Å². The normalized spacial score (nSPS) is 22.0. The first-order valence-corrected chi connectivity index (χ1v) is 6.20. The summed E-state index contributed by atoms with van der Waals surface area (Å²) >= 11 is 3.54. The summed E-state index contributed by atoms with van der Waals surface area (Å²) in [5.41, 5.74) is 1.16. The van der Waals surface area contributed by atoms with Crippen molar-refractivity contribution in [3.05, 3.63) is 34.3 Å². The number of amides is 1. The van der Waals surface area contributed by atoms with Gasteiger partial charge in [-0.05, 0) is 11.6 Å². The van der Waals surface area contributed by atoms with E-state index in [1.807, 2.05) is 30.1 Å². The van der Waals surface area contributed by atoms with Crippen molar-refractivity contribution in [1.29, 1.82) is 0 Å². The molecule has 16 heavy (non-hydrogen) atoms. The number of rotatable bonds is 1.